The van der Waals surface area contributed by atoms with Gasteiger partial charge in [0, 0.05) is 18.5 Å². The van der Waals surface area contributed by atoms with Crippen LogP contribution in [0.1, 0.15) is 24.0 Å². The first-order valence-corrected chi connectivity index (χ1v) is 9.38. The Hall–Kier alpha value is -2.93. The van der Waals surface area contributed by atoms with Crippen molar-refractivity contribution in [3.05, 3.63) is 63.7 Å². The maximum Gasteiger partial charge on any atom is 0.274 e. The first-order valence-electron chi connectivity index (χ1n) is 9.38. The molecular weight excluding hydrogens is 358 g/mol. The van der Waals surface area contributed by atoms with Gasteiger partial charge in [-0.3, -0.25) is 19.8 Å². The molecule has 1 amide bonds. The molecule has 148 valence electrons. The summed E-state index contributed by atoms with van der Waals surface area (Å²) < 4.78 is 5.27. The van der Waals surface area contributed by atoms with E-state index in [0.717, 1.165) is 38.2 Å². The molecule has 0 radical (unpaired) electrons. The second kappa shape index (κ2) is 8.84. The summed E-state index contributed by atoms with van der Waals surface area (Å²) in [6, 6.07) is 12.8. The zero-order valence-electron chi connectivity index (χ0n) is 16.2. The van der Waals surface area contributed by atoms with Crippen LogP contribution >= 0.6 is 0 Å². The van der Waals surface area contributed by atoms with Gasteiger partial charge in [0.2, 0.25) is 5.91 Å². The molecule has 0 unspecified atom stereocenters. The number of methoxy groups -OCH3 is 1. The van der Waals surface area contributed by atoms with Crippen LogP contribution < -0.4 is 10.1 Å². The summed E-state index contributed by atoms with van der Waals surface area (Å²) in [5.41, 5.74) is 2.20. The third-order valence-electron chi connectivity index (χ3n) is 5.26. The number of benzene rings is 2. The fraction of sp³-hybridized carbons (Fsp3) is 0.381. The van der Waals surface area contributed by atoms with E-state index < -0.39 is 4.92 Å². The van der Waals surface area contributed by atoms with Gasteiger partial charge in [0.1, 0.15) is 5.75 Å². The molecular formula is C21H25N3O4. The third kappa shape index (κ3) is 4.67. The van der Waals surface area contributed by atoms with E-state index in [1.165, 1.54) is 11.6 Å². The number of ether oxygens (including phenoxy) is 1. The predicted molar refractivity (Wildman–Crippen MR) is 107 cm³/mol. The third-order valence-corrected chi connectivity index (χ3v) is 5.26. The number of carbonyl (C=O) groups excluding carboxylic acids is 1. The molecule has 1 fully saturated rings. The highest BCUT2D eigenvalue weighted by molar-refractivity contribution is 5.93. The number of likely N-dealkylation sites (tertiary alicyclic amines) is 1. The van der Waals surface area contributed by atoms with Crippen LogP contribution in [0.15, 0.2) is 42.5 Å². The lowest BCUT2D eigenvalue weighted by Gasteiger charge is -2.31. The van der Waals surface area contributed by atoms with E-state index in [4.69, 9.17) is 4.74 Å². The highest BCUT2D eigenvalue weighted by Crippen LogP contribution is 2.27. The highest BCUT2D eigenvalue weighted by Gasteiger charge is 2.26. The number of hydrogen-bond acceptors (Lipinski definition) is 5. The number of anilines is 1. The van der Waals surface area contributed by atoms with Crippen molar-refractivity contribution in [1.29, 1.82) is 0 Å². The van der Waals surface area contributed by atoms with Gasteiger partial charge in [-0.1, -0.05) is 18.2 Å². The van der Waals surface area contributed by atoms with Gasteiger partial charge in [-0.25, -0.2) is 0 Å². The van der Waals surface area contributed by atoms with Crippen LogP contribution in [0.4, 0.5) is 11.4 Å². The normalized spacial score (nSPS) is 15.2. The topological polar surface area (TPSA) is 84.7 Å². The summed E-state index contributed by atoms with van der Waals surface area (Å²) in [6.07, 6.45) is 1.54. The van der Waals surface area contributed by atoms with E-state index in [0.29, 0.717) is 11.3 Å². The zero-order valence-corrected chi connectivity index (χ0v) is 16.2. The number of nitrogens with zero attached hydrogens (tertiary/aromatic N) is 2. The lowest BCUT2D eigenvalue weighted by Crippen LogP contribution is -2.37. The molecule has 0 saturated carbocycles. The van der Waals surface area contributed by atoms with Gasteiger partial charge < -0.3 is 10.1 Å². The molecule has 2 aromatic carbocycles. The maximum absolute atomic E-state index is 12.6. The van der Waals surface area contributed by atoms with E-state index in [1.54, 1.807) is 26.2 Å². The summed E-state index contributed by atoms with van der Waals surface area (Å²) >= 11 is 0. The van der Waals surface area contributed by atoms with Crippen molar-refractivity contribution in [3.8, 4) is 5.75 Å². The minimum Gasteiger partial charge on any atom is -0.497 e. The Balaban J connectivity index is 1.55. The Morgan fingerprint density at radius 1 is 1.25 bits per heavy atom. The highest BCUT2D eigenvalue weighted by atomic mass is 16.6. The average molecular weight is 383 g/mol. The van der Waals surface area contributed by atoms with Crippen LogP contribution in [0, 0.1) is 23.0 Å². The van der Waals surface area contributed by atoms with E-state index in [2.05, 4.69) is 16.3 Å². The molecule has 0 aromatic heterocycles. The number of amides is 1. The molecule has 0 atom stereocenters. The van der Waals surface area contributed by atoms with Gasteiger partial charge in [-0.15, -0.1) is 0 Å². The predicted octanol–water partition coefficient (Wildman–Crippen LogP) is 3.76. The van der Waals surface area contributed by atoms with Crippen LogP contribution in [0.5, 0.6) is 5.75 Å². The molecule has 0 bridgehead atoms. The summed E-state index contributed by atoms with van der Waals surface area (Å²) in [7, 11) is 1.66. The van der Waals surface area contributed by atoms with Gasteiger partial charge in [0.25, 0.3) is 5.69 Å². The van der Waals surface area contributed by atoms with E-state index in [-0.39, 0.29) is 17.5 Å². The van der Waals surface area contributed by atoms with Crippen molar-refractivity contribution < 1.29 is 14.5 Å². The Kier molecular flexibility index (Phi) is 6.26. The van der Waals surface area contributed by atoms with E-state index >= 15 is 0 Å². The summed E-state index contributed by atoms with van der Waals surface area (Å²) in [6.45, 7) is 4.16. The summed E-state index contributed by atoms with van der Waals surface area (Å²) in [5.74, 6) is 0.698. The minimum atomic E-state index is -0.429. The number of carbonyl (C=O) groups is 1. The minimum absolute atomic E-state index is 0.0194. The number of rotatable bonds is 6. The fourth-order valence-electron chi connectivity index (χ4n) is 3.57. The lowest BCUT2D eigenvalue weighted by atomic mass is 9.95. The smallest absolute Gasteiger partial charge is 0.274 e. The van der Waals surface area contributed by atoms with E-state index in [9.17, 15) is 14.9 Å². The molecule has 3 rings (SSSR count). The SMILES string of the molecule is COc1cccc(CN2CCC(C(=O)Nc3cccc([N+](=O)[O-])c3C)CC2)c1. The van der Waals surface area contributed by atoms with Gasteiger partial charge in [-0.05, 0) is 56.6 Å². The maximum atomic E-state index is 12.6. The number of nitro groups is 1. The van der Waals surface area contributed by atoms with Crippen LogP contribution in [0.3, 0.4) is 0 Å². The Bertz CT molecular complexity index is 860. The monoisotopic (exact) mass is 383 g/mol. The van der Waals surface area contributed by atoms with E-state index in [1.807, 2.05) is 18.2 Å². The Labute approximate surface area is 164 Å². The van der Waals surface area contributed by atoms with Crippen LogP contribution in [0.2, 0.25) is 0 Å². The van der Waals surface area contributed by atoms with Gasteiger partial charge in [-0.2, -0.15) is 0 Å². The second-order valence-corrected chi connectivity index (χ2v) is 7.10. The largest absolute Gasteiger partial charge is 0.497 e. The molecule has 1 N–H and O–H groups in total. The molecule has 1 heterocycles. The Morgan fingerprint density at radius 2 is 1.96 bits per heavy atom. The van der Waals surface area contributed by atoms with Gasteiger partial charge in [0.05, 0.1) is 23.3 Å². The van der Waals surface area contributed by atoms with Crippen molar-refractivity contribution in [3.63, 3.8) is 0 Å². The number of nitrogens with one attached hydrogen (secondary N) is 1. The van der Waals surface area contributed by atoms with Gasteiger partial charge in [0.15, 0.2) is 0 Å². The molecule has 1 saturated heterocycles. The fourth-order valence-corrected chi connectivity index (χ4v) is 3.57. The van der Waals surface area contributed by atoms with Crippen molar-refractivity contribution in [2.45, 2.75) is 26.3 Å². The molecule has 0 spiro atoms. The van der Waals surface area contributed by atoms with Crippen molar-refractivity contribution in [2.75, 3.05) is 25.5 Å². The van der Waals surface area contributed by atoms with Gasteiger partial charge >= 0.3 is 0 Å². The molecule has 2 aromatic rings. The average Bonchev–Trinajstić information content (AvgIpc) is 2.70. The van der Waals surface area contributed by atoms with Crippen LogP contribution in [-0.4, -0.2) is 35.9 Å². The standard InChI is InChI=1S/C21H25N3O4/c1-15-19(7-4-8-20(15)24(26)27)22-21(25)17-9-11-23(12-10-17)14-16-5-3-6-18(13-16)28-2/h3-8,13,17H,9-12,14H2,1-2H3,(H,22,25). The molecule has 7 heteroatoms. The quantitative estimate of drug-likeness (QED) is 0.606. The number of hydrogen-bond donors (Lipinski definition) is 1. The first-order chi connectivity index (χ1) is 13.5. The molecule has 1 aliphatic heterocycles. The molecule has 28 heavy (non-hydrogen) atoms. The zero-order chi connectivity index (χ0) is 20.1. The first kappa shape index (κ1) is 19.8. The van der Waals surface area contributed by atoms with Crippen molar-refractivity contribution in [1.82, 2.24) is 4.90 Å². The molecule has 1 aliphatic rings. The molecule has 7 nitrogen and oxygen atoms in total. The molecule has 0 aliphatic carbocycles. The second-order valence-electron chi connectivity index (χ2n) is 7.10. The van der Waals surface area contributed by atoms with Crippen molar-refractivity contribution >= 4 is 17.3 Å². The summed E-state index contributed by atoms with van der Waals surface area (Å²) in [4.78, 5) is 25.6. The van der Waals surface area contributed by atoms with Crippen molar-refractivity contribution in [2.24, 2.45) is 5.92 Å². The lowest BCUT2D eigenvalue weighted by molar-refractivity contribution is -0.385. The number of nitro benzene ring substituents is 1. The Morgan fingerprint density at radius 3 is 2.64 bits per heavy atom. The number of piperidine rings is 1. The van der Waals surface area contributed by atoms with Crippen LogP contribution in [-0.2, 0) is 11.3 Å². The summed E-state index contributed by atoms with van der Waals surface area (Å²) in [5, 5.41) is 13.9. The van der Waals surface area contributed by atoms with Crippen LogP contribution in [0.25, 0.3) is 0 Å².